The Labute approximate surface area is 164 Å². The highest BCUT2D eigenvalue weighted by Crippen LogP contribution is 2.35. The van der Waals surface area contributed by atoms with Gasteiger partial charge in [-0.3, -0.25) is 4.79 Å². The molecule has 1 aliphatic carbocycles. The summed E-state index contributed by atoms with van der Waals surface area (Å²) in [6.45, 7) is 0. The summed E-state index contributed by atoms with van der Waals surface area (Å²) in [5.41, 5.74) is 2.70. The maximum Gasteiger partial charge on any atom is 0.326 e. The van der Waals surface area contributed by atoms with Crippen molar-refractivity contribution in [3.8, 4) is 11.5 Å². The topological polar surface area (TPSA) is 84.9 Å². The predicted octanol–water partition coefficient (Wildman–Crippen LogP) is 3.40. The zero-order valence-corrected chi connectivity index (χ0v) is 16.1. The first-order valence-corrected chi connectivity index (χ1v) is 9.37. The maximum absolute atomic E-state index is 12.8. The SMILES string of the molecule is COc1cccc(C(=O)NC(CC2CCCc3ccccc32)C(=O)O)c1OC. The second-order valence-corrected chi connectivity index (χ2v) is 6.93. The molecule has 0 bridgehead atoms. The van der Waals surface area contributed by atoms with Crippen LogP contribution in [-0.2, 0) is 11.2 Å². The molecule has 2 N–H and O–H groups in total. The number of para-hydroxylation sites is 1. The number of carbonyl (C=O) groups excluding carboxylic acids is 1. The molecule has 2 aromatic carbocycles. The molecule has 28 heavy (non-hydrogen) atoms. The van der Waals surface area contributed by atoms with E-state index in [4.69, 9.17) is 9.47 Å². The van der Waals surface area contributed by atoms with E-state index in [2.05, 4.69) is 17.4 Å². The van der Waals surface area contributed by atoms with Crippen molar-refractivity contribution in [2.75, 3.05) is 14.2 Å². The van der Waals surface area contributed by atoms with Gasteiger partial charge in [0, 0.05) is 0 Å². The molecular formula is C22H25NO5. The predicted molar refractivity (Wildman–Crippen MR) is 105 cm³/mol. The number of aliphatic carboxylic acids is 1. The van der Waals surface area contributed by atoms with Gasteiger partial charge in [-0.05, 0) is 54.9 Å². The number of benzene rings is 2. The van der Waals surface area contributed by atoms with Crippen LogP contribution in [0.5, 0.6) is 11.5 Å². The molecule has 0 heterocycles. The molecule has 3 rings (SSSR count). The average Bonchev–Trinajstić information content (AvgIpc) is 2.72. The van der Waals surface area contributed by atoms with Gasteiger partial charge in [0.25, 0.3) is 5.91 Å². The summed E-state index contributed by atoms with van der Waals surface area (Å²) >= 11 is 0. The molecule has 0 aliphatic heterocycles. The van der Waals surface area contributed by atoms with Crippen LogP contribution in [0, 0.1) is 0 Å². The Morgan fingerprint density at radius 1 is 1.14 bits per heavy atom. The fourth-order valence-corrected chi connectivity index (χ4v) is 3.91. The van der Waals surface area contributed by atoms with E-state index in [-0.39, 0.29) is 17.2 Å². The number of aryl methyl sites for hydroxylation is 1. The third kappa shape index (κ3) is 4.11. The highest BCUT2D eigenvalue weighted by molar-refractivity contribution is 5.99. The number of rotatable bonds is 7. The van der Waals surface area contributed by atoms with Gasteiger partial charge >= 0.3 is 5.97 Å². The molecule has 6 nitrogen and oxygen atoms in total. The van der Waals surface area contributed by atoms with Crippen LogP contribution in [0.1, 0.15) is 46.7 Å². The second kappa shape index (κ2) is 8.78. The number of carboxylic acids is 1. The highest BCUT2D eigenvalue weighted by Gasteiger charge is 2.29. The standard InChI is InChI=1S/C22H25NO5/c1-27-19-12-6-11-17(20(19)28-2)21(24)23-18(22(25)26)13-15-9-5-8-14-7-3-4-10-16(14)15/h3-4,6-7,10-12,15,18H,5,8-9,13H2,1-2H3,(H,23,24)(H,25,26). The molecule has 0 radical (unpaired) electrons. The Morgan fingerprint density at radius 2 is 1.93 bits per heavy atom. The van der Waals surface area contributed by atoms with Crippen molar-refractivity contribution in [1.82, 2.24) is 5.32 Å². The molecule has 0 aromatic heterocycles. The fourth-order valence-electron chi connectivity index (χ4n) is 3.91. The van der Waals surface area contributed by atoms with Gasteiger partial charge < -0.3 is 19.9 Å². The third-order valence-electron chi connectivity index (χ3n) is 5.26. The van der Waals surface area contributed by atoms with E-state index in [1.165, 1.54) is 25.3 Å². The highest BCUT2D eigenvalue weighted by atomic mass is 16.5. The van der Waals surface area contributed by atoms with Gasteiger partial charge in [-0.1, -0.05) is 30.3 Å². The van der Waals surface area contributed by atoms with E-state index < -0.39 is 17.9 Å². The number of ether oxygens (including phenoxy) is 2. The summed E-state index contributed by atoms with van der Waals surface area (Å²) in [6.07, 6.45) is 3.30. The van der Waals surface area contributed by atoms with Crippen molar-refractivity contribution in [3.05, 3.63) is 59.2 Å². The Kier molecular flexibility index (Phi) is 6.19. The number of carboxylic acid groups (broad SMARTS) is 1. The molecule has 1 amide bonds. The van der Waals surface area contributed by atoms with E-state index in [1.54, 1.807) is 18.2 Å². The second-order valence-electron chi connectivity index (χ2n) is 6.93. The Bertz CT molecular complexity index is 864. The summed E-state index contributed by atoms with van der Waals surface area (Å²) < 4.78 is 10.5. The maximum atomic E-state index is 12.8. The normalized spacial score (nSPS) is 16.6. The summed E-state index contributed by atoms with van der Waals surface area (Å²) in [4.78, 5) is 24.6. The lowest BCUT2D eigenvalue weighted by atomic mass is 9.79. The molecule has 0 spiro atoms. The molecular weight excluding hydrogens is 358 g/mol. The average molecular weight is 383 g/mol. The van der Waals surface area contributed by atoms with Gasteiger partial charge in [-0.15, -0.1) is 0 Å². The Balaban J connectivity index is 1.80. The van der Waals surface area contributed by atoms with Crippen molar-refractivity contribution < 1.29 is 24.2 Å². The first kappa shape index (κ1) is 19.7. The van der Waals surface area contributed by atoms with Crippen LogP contribution in [0.4, 0.5) is 0 Å². The zero-order valence-electron chi connectivity index (χ0n) is 16.1. The Hall–Kier alpha value is -3.02. The molecule has 148 valence electrons. The van der Waals surface area contributed by atoms with Crippen LogP contribution in [0.2, 0.25) is 0 Å². The zero-order chi connectivity index (χ0) is 20.1. The van der Waals surface area contributed by atoms with Crippen LogP contribution in [-0.4, -0.2) is 37.2 Å². The summed E-state index contributed by atoms with van der Waals surface area (Å²) in [6, 6.07) is 12.1. The van der Waals surface area contributed by atoms with Gasteiger partial charge in [-0.2, -0.15) is 0 Å². The number of amides is 1. The van der Waals surface area contributed by atoms with Crippen molar-refractivity contribution in [2.45, 2.75) is 37.6 Å². The van der Waals surface area contributed by atoms with Gasteiger partial charge in [0.15, 0.2) is 11.5 Å². The van der Waals surface area contributed by atoms with Crippen molar-refractivity contribution >= 4 is 11.9 Å². The Morgan fingerprint density at radius 3 is 2.64 bits per heavy atom. The van der Waals surface area contributed by atoms with Gasteiger partial charge in [0.05, 0.1) is 19.8 Å². The quantitative estimate of drug-likeness (QED) is 0.765. The van der Waals surface area contributed by atoms with Crippen molar-refractivity contribution in [3.63, 3.8) is 0 Å². The van der Waals surface area contributed by atoms with Crippen LogP contribution in [0.25, 0.3) is 0 Å². The minimum absolute atomic E-state index is 0.110. The van der Waals surface area contributed by atoms with Crippen LogP contribution in [0.3, 0.4) is 0 Å². The van der Waals surface area contributed by atoms with Crippen LogP contribution in [0.15, 0.2) is 42.5 Å². The van der Waals surface area contributed by atoms with Crippen molar-refractivity contribution in [1.29, 1.82) is 0 Å². The molecule has 0 fully saturated rings. The van der Waals surface area contributed by atoms with E-state index in [1.807, 2.05) is 12.1 Å². The molecule has 0 saturated carbocycles. The fraction of sp³-hybridized carbons (Fsp3) is 0.364. The molecule has 2 aromatic rings. The number of nitrogens with one attached hydrogen (secondary N) is 1. The number of fused-ring (bicyclic) bond motifs is 1. The lowest BCUT2D eigenvalue weighted by molar-refractivity contribution is -0.139. The third-order valence-corrected chi connectivity index (χ3v) is 5.26. The van der Waals surface area contributed by atoms with E-state index in [0.717, 1.165) is 19.3 Å². The monoisotopic (exact) mass is 383 g/mol. The van der Waals surface area contributed by atoms with Gasteiger partial charge in [0.2, 0.25) is 0 Å². The van der Waals surface area contributed by atoms with Crippen LogP contribution < -0.4 is 14.8 Å². The molecule has 1 aliphatic rings. The number of hydrogen-bond donors (Lipinski definition) is 2. The van der Waals surface area contributed by atoms with Gasteiger partial charge in [-0.25, -0.2) is 4.79 Å². The number of methoxy groups -OCH3 is 2. The summed E-state index contributed by atoms with van der Waals surface area (Å²) in [5, 5.41) is 12.4. The molecule has 2 atom stereocenters. The van der Waals surface area contributed by atoms with E-state index >= 15 is 0 Å². The minimum Gasteiger partial charge on any atom is -0.493 e. The summed E-state index contributed by atoms with van der Waals surface area (Å²) in [7, 11) is 2.93. The smallest absolute Gasteiger partial charge is 0.326 e. The minimum atomic E-state index is -1.04. The lowest BCUT2D eigenvalue weighted by Gasteiger charge is -2.28. The van der Waals surface area contributed by atoms with Gasteiger partial charge in [0.1, 0.15) is 6.04 Å². The van der Waals surface area contributed by atoms with Crippen molar-refractivity contribution in [2.24, 2.45) is 0 Å². The number of hydrogen-bond acceptors (Lipinski definition) is 4. The first-order valence-electron chi connectivity index (χ1n) is 9.37. The molecule has 2 unspecified atom stereocenters. The lowest BCUT2D eigenvalue weighted by Crippen LogP contribution is -2.42. The summed E-state index contributed by atoms with van der Waals surface area (Å²) in [5.74, 6) is -0.720. The first-order chi connectivity index (χ1) is 13.5. The molecule has 0 saturated heterocycles. The van der Waals surface area contributed by atoms with Crippen LogP contribution >= 0.6 is 0 Å². The largest absolute Gasteiger partial charge is 0.493 e. The van der Waals surface area contributed by atoms with E-state index in [0.29, 0.717) is 12.2 Å². The number of carbonyl (C=O) groups is 2. The molecule has 6 heteroatoms. The van der Waals surface area contributed by atoms with E-state index in [9.17, 15) is 14.7 Å².